The fourth-order valence-electron chi connectivity index (χ4n) is 1.05. The number of pyridine rings is 1. The number of rotatable bonds is 5. The fraction of sp³-hybridized carbons (Fsp3) is 0.400. The van der Waals surface area contributed by atoms with E-state index in [9.17, 15) is 22.4 Å². The summed E-state index contributed by atoms with van der Waals surface area (Å²) in [6.45, 7) is -1.78. The van der Waals surface area contributed by atoms with Crippen molar-refractivity contribution in [2.75, 3.05) is 19.8 Å². The molecule has 0 unspecified atom stereocenters. The molecule has 0 saturated heterocycles. The largest absolute Gasteiger partial charge is 0.411 e. The minimum Gasteiger partial charge on any atom is -0.370 e. The minimum atomic E-state index is -4.39. The van der Waals surface area contributed by atoms with Crippen LogP contribution in [0.5, 0.6) is 0 Å². The second kappa shape index (κ2) is 6.29. The van der Waals surface area contributed by atoms with Crippen LogP contribution in [0.3, 0.4) is 0 Å². The molecule has 100 valence electrons. The Balaban J connectivity index is 2.26. The molecule has 0 aromatic carbocycles. The summed E-state index contributed by atoms with van der Waals surface area (Å²) in [7, 11) is 0. The topological polar surface area (TPSA) is 51.2 Å². The predicted octanol–water partition coefficient (Wildman–Crippen LogP) is 1.53. The molecule has 0 spiro atoms. The van der Waals surface area contributed by atoms with Gasteiger partial charge in [0.2, 0.25) is 5.95 Å². The highest BCUT2D eigenvalue weighted by atomic mass is 19.4. The molecule has 0 saturated carbocycles. The molecule has 1 N–H and O–H groups in total. The third-order valence-electron chi connectivity index (χ3n) is 1.75. The average Bonchev–Trinajstić information content (AvgIpc) is 2.26. The van der Waals surface area contributed by atoms with E-state index in [4.69, 9.17) is 0 Å². The van der Waals surface area contributed by atoms with Gasteiger partial charge in [0, 0.05) is 6.54 Å². The van der Waals surface area contributed by atoms with Crippen molar-refractivity contribution in [2.45, 2.75) is 6.18 Å². The lowest BCUT2D eigenvalue weighted by atomic mass is 10.3. The third-order valence-corrected chi connectivity index (χ3v) is 1.75. The Kier molecular flexibility index (Phi) is 5.02. The van der Waals surface area contributed by atoms with E-state index < -0.39 is 24.6 Å². The summed E-state index contributed by atoms with van der Waals surface area (Å²) < 4.78 is 52.0. The first-order chi connectivity index (χ1) is 8.38. The van der Waals surface area contributed by atoms with Crippen molar-refractivity contribution >= 4 is 5.91 Å². The Bertz CT molecular complexity index is 409. The van der Waals surface area contributed by atoms with Gasteiger partial charge in [0.25, 0.3) is 5.91 Å². The lowest BCUT2D eigenvalue weighted by molar-refractivity contribution is -0.173. The van der Waals surface area contributed by atoms with Crippen LogP contribution in [0.2, 0.25) is 0 Å². The van der Waals surface area contributed by atoms with E-state index in [0.717, 1.165) is 6.07 Å². The van der Waals surface area contributed by atoms with Crippen molar-refractivity contribution in [2.24, 2.45) is 0 Å². The van der Waals surface area contributed by atoms with E-state index in [2.05, 4.69) is 15.0 Å². The van der Waals surface area contributed by atoms with Crippen molar-refractivity contribution in [3.63, 3.8) is 0 Å². The van der Waals surface area contributed by atoms with Crippen LogP contribution in [-0.4, -0.2) is 36.8 Å². The number of alkyl halides is 3. The molecule has 0 aliphatic rings. The van der Waals surface area contributed by atoms with Crippen molar-refractivity contribution in [3.8, 4) is 0 Å². The van der Waals surface area contributed by atoms with Crippen LogP contribution in [0.25, 0.3) is 0 Å². The van der Waals surface area contributed by atoms with E-state index >= 15 is 0 Å². The predicted molar refractivity (Wildman–Crippen MR) is 53.4 cm³/mol. The highest BCUT2D eigenvalue weighted by Gasteiger charge is 2.27. The van der Waals surface area contributed by atoms with Crippen LogP contribution in [0.4, 0.5) is 17.6 Å². The third kappa shape index (κ3) is 5.58. The Morgan fingerprint density at radius 2 is 2.11 bits per heavy atom. The molecule has 18 heavy (non-hydrogen) atoms. The summed E-state index contributed by atoms with van der Waals surface area (Å²) in [6, 6.07) is 3.66. The van der Waals surface area contributed by atoms with Gasteiger partial charge in [0.15, 0.2) is 0 Å². The van der Waals surface area contributed by atoms with Crippen LogP contribution in [-0.2, 0) is 4.74 Å². The maximum absolute atomic E-state index is 12.7. The van der Waals surface area contributed by atoms with Crippen molar-refractivity contribution in [1.82, 2.24) is 10.3 Å². The molecule has 8 heteroatoms. The summed E-state index contributed by atoms with van der Waals surface area (Å²) in [5.41, 5.74) is -0.147. The highest BCUT2D eigenvalue weighted by Crippen LogP contribution is 2.13. The molecule has 0 atom stereocenters. The number of halogens is 4. The summed E-state index contributed by atoms with van der Waals surface area (Å²) in [4.78, 5) is 14.7. The van der Waals surface area contributed by atoms with Crippen molar-refractivity contribution in [3.05, 3.63) is 29.8 Å². The highest BCUT2D eigenvalue weighted by molar-refractivity contribution is 5.92. The van der Waals surface area contributed by atoms with E-state index in [1.165, 1.54) is 12.1 Å². The van der Waals surface area contributed by atoms with E-state index in [1.807, 2.05) is 0 Å². The minimum absolute atomic E-state index is 0.118. The van der Waals surface area contributed by atoms with Gasteiger partial charge < -0.3 is 10.1 Å². The van der Waals surface area contributed by atoms with Gasteiger partial charge in [-0.25, -0.2) is 4.98 Å². The number of nitrogens with one attached hydrogen (secondary N) is 1. The number of nitrogens with zero attached hydrogens (tertiary/aromatic N) is 1. The number of hydrogen-bond donors (Lipinski definition) is 1. The second-order valence-corrected chi connectivity index (χ2v) is 3.27. The molecule has 0 aliphatic heterocycles. The van der Waals surface area contributed by atoms with Gasteiger partial charge in [0.05, 0.1) is 6.61 Å². The molecular weight excluding hydrogens is 256 g/mol. The summed E-state index contributed by atoms with van der Waals surface area (Å²) in [5, 5.41) is 2.25. The van der Waals surface area contributed by atoms with Gasteiger partial charge in [0.1, 0.15) is 12.3 Å². The Hall–Kier alpha value is -1.70. The molecule has 4 nitrogen and oxygen atoms in total. The van der Waals surface area contributed by atoms with Crippen LogP contribution in [0.15, 0.2) is 18.2 Å². The maximum Gasteiger partial charge on any atom is 0.411 e. The Morgan fingerprint density at radius 1 is 1.39 bits per heavy atom. The number of aromatic nitrogens is 1. The second-order valence-electron chi connectivity index (χ2n) is 3.27. The quantitative estimate of drug-likeness (QED) is 0.499. The molecule has 0 radical (unpaired) electrons. The van der Waals surface area contributed by atoms with Crippen LogP contribution in [0.1, 0.15) is 10.5 Å². The van der Waals surface area contributed by atoms with Crippen molar-refractivity contribution in [1.29, 1.82) is 0 Å². The van der Waals surface area contributed by atoms with Gasteiger partial charge in [-0.3, -0.25) is 4.79 Å². The SMILES string of the molecule is O=C(NCCOCC(F)(F)F)c1cccc(F)n1. The Labute approximate surface area is 100.0 Å². The van der Waals surface area contributed by atoms with E-state index in [-0.39, 0.29) is 18.8 Å². The van der Waals surface area contributed by atoms with Gasteiger partial charge in [-0.05, 0) is 12.1 Å². The summed E-state index contributed by atoms with van der Waals surface area (Å²) in [6.07, 6.45) is -4.39. The molecule has 0 aliphatic carbocycles. The first-order valence-electron chi connectivity index (χ1n) is 4.94. The van der Waals surface area contributed by atoms with Gasteiger partial charge >= 0.3 is 6.18 Å². The molecular formula is C10H10F4N2O2. The van der Waals surface area contributed by atoms with Gasteiger partial charge in [-0.15, -0.1) is 0 Å². The Morgan fingerprint density at radius 3 is 2.72 bits per heavy atom. The fourth-order valence-corrected chi connectivity index (χ4v) is 1.05. The number of hydrogen-bond acceptors (Lipinski definition) is 3. The normalized spacial score (nSPS) is 11.3. The van der Waals surface area contributed by atoms with E-state index in [1.54, 1.807) is 0 Å². The van der Waals surface area contributed by atoms with Gasteiger partial charge in [-0.1, -0.05) is 6.07 Å². The molecule has 1 heterocycles. The first kappa shape index (κ1) is 14.4. The number of carbonyl (C=O) groups is 1. The molecule has 0 bridgehead atoms. The zero-order valence-corrected chi connectivity index (χ0v) is 9.13. The molecule has 1 amide bonds. The molecule has 1 aromatic rings. The van der Waals surface area contributed by atoms with Crippen LogP contribution < -0.4 is 5.32 Å². The monoisotopic (exact) mass is 266 g/mol. The first-order valence-corrected chi connectivity index (χ1v) is 4.94. The summed E-state index contributed by atoms with van der Waals surface area (Å²) in [5.74, 6) is -1.49. The van der Waals surface area contributed by atoms with Crippen LogP contribution in [0, 0.1) is 5.95 Å². The number of amides is 1. The smallest absolute Gasteiger partial charge is 0.370 e. The zero-order chi connectivity index (χ0) is 13.6. The van der Waals surface area contributed by atoms with Crippen molar-refractivity contribution < 1.29 is 27.1 Å². The average molecular weight is 266 g/mol. The standard InChI is InChI=1S/C10H10F4N2O2/c11-8-3-1-2-7(16-8)9(17)15-4-5-18-6-10(12,13)14/h1-3H,4-6H2,(H,15,17). The maximum atomic E-state index is 12.7. The van der Waals surface area contributed by atoms with Gasteiger partial charge in [-0.2, -0.15) is 17.6 Å². The molecule has 0 fully saturated rings. The number of carbonyl (C=O) groups excluding carboxylic acids is 1. The number of ether oxygens (including phenoxy) is 1. The lowest BCUT2D eigenvalue weighted by Gasteiger charge is -2.08. The van der Waals surface area contributed by atoms with E-state index in [0.29, 0.717) is 0 Å². The lowest BCUT2D eigenvalue weighted by Crippen LogP contribution is -2.29. The molecule has 1 rings (SSSR count). The summed E-state index contributed by atoms with van der Waals surface area (Å²) >= 11 is 0. The van der Waals surface area contributed by atoms with Crippen LogP contribution >= 0.6 is 0 Å². The molecule has 1 aromatic heterocycles. The zero-order valence-electron chi connectivity index (χ0n) is 9.13.